The Morgan fingerprint density at radius 3 is 2.30 bits per heavy atom. The van der Waals surface area contributed by atoms with Crippen molar-refractivity contribution in [3.63, 3.8) is 0 Å². The second-order valence-corrected chi connectivity index (χ2v) is 13.4. The van der Waals surface area contributed by atoms with Crippen LogP contribution in [0.3, 0.4) is 0 Å². The van der Waals surface area contributed by atoms with Gasteiger partial charge >= 0.3 is 11.9 Å². The first-order valence-corrected chi connectivity index (χ1v) is 15.8. The lowest BCUT2D eigenvalue weighted by Crippen LogP contribution is -2.56. The number of nitroso groups, excluding NO2 is 1. The van der Waals surface area contributed by atoms with E-state index in [0.717, 1.165) is 48.1 Å². The predicted molar refractivity (Wildman–Crippen MR) is 157 cm³/mol. The molecule has 0 atom stereocenters. The van der Waals surface area contributed by atoms with Crippen LogP contribution in [0.2, 0.25) is 0 Å². The average molecular weight is 575 g/mol. The third kappa shape index (κ3) is 7.58. The molecule has 9 heteroatoms. The predicted octanol–water partition coefficient (Wildman–Crippen LogP) is 6.51. The molecule has 1 aromatic carbocycles. The van der Waals surface area contributed by atoms with Gasteiger partial charge in [0.25, 0.3) is 0 Å². The number of hydrogen-bond acceptors (Lipinski definition) is 9. The molecule has 4 saturated carbocycles. The number of rotatable bonds is 16. The Balaban J connectivity index is 1.21. The molecule has 222 valence electrons. The van der Waals surface area contributed by atoms with Gasteiger partial charge in [-0.2, -0.15) is 0 Å². The molecule has 0 amide bonds. The van der Waals surface area contributed by atoms with Crippen LogP contribution >= 0.6 is 11.9 Å². The van der Waals surface area contributed by atoms with Crippen molar-refractivity contribution in [2.24, 2.45) is 28.3 Å². The quantitative estimate of drug-likeness (QED) is 0.0955. The van der Waals surface area contributed by atoms with Gasteiger partial charge in [0.15, 0.2) is 0 Å². The Kier molecular flexibility index (Phi) is 10.9. The van der Waals surface area contributed by atoms with Crippen LogP contribution in [0.25, 0.3) is 0 Å². The summed E-state index contributed by atoms with van der Waals surface area (Å²) in [5.41, 5.74) is 1.87. The van der Waals surface area contributed by atoms with Crippen LogP contribution in [-0.4, -0.2) is 55.4 Å². The first kappa shape index (κ1) is 30.8. The van der Waals surface area contributed by atoms with E-state index in [0.29, 0.717) is 43.6 Å². The Bertz CT molecular complexity index is 1020. The molecule has 0 radical (unpaired) electrons. The molecule has 8 nitrogen and oxygen atoms in total. The number of aryl methyl sites for hydroxylation is 2. The SMILES string of the molecule is CCCc1cc(OC(=O)CCCC(=O)OCCC2(SN=O)C3CC4CC(C3)CC2C4)c(C)cc1OCCN(C)C. The first-order valence-electron chi connectivity index (χ1n) is 15.0. The Morgan fingerprint density at radius 2 is 1.68 bits per heavy atom. The minimum absolute atomic E-state index is 0.139. The fraction of sp³-hybridized carbons (Fsp3) is 0.742. The lowest BCUT2D eigenvalue weighted by atomic mass is 9.51. The lowest BCUT2D eigenvalue weighted by molar-refractivity contribution is -0.145. The van der Waals surface area contributed by atoms with Crippen LogP contribution in [0, 0.1) is 35.5 Å². The summed E-state index contributed by atoms with van der Waals surface area (Å²) in [5, 5.41) is 0. The van der Waals surface area contributed by atoms with Gasteiger partial charge in [0.2, 0.25) is 0 Å². The standard InChI is InChI=1S/C31H46N2O6S/c1-5-7-24-20-27(21(2)14-28(24)37-13-11-33(3)4)39-30(35)9-6-8-29(34)38-12-10-31(40-32-36)25-16-22-15-23(18-25)19-26(31)17-22/h14,20,22-23,25-26H,5-13,15-19H2,1-4H3. The molecule has 4 aliphatic carbocycles. The zero-order valence-electron chi connectivity index (χ0n) is 24.6. The Hall–Kier alpha value is -2.13. The molecule has 0 unspecified atom stereocenters. The molecular weight excluding hydrogens is 528 g/mol. The average Bonchev–Trinajstić information content (AvgIpc) is 2.89. The van der Waals surface area contributed by atoms with Gasteiger partial charge < -0.3 is 19.1 Å². The molecule has 40 heavy (non-hydrogen) atoms. The molecule has 0 heterocycles. The van der Waals surface area contributed by atoms with Crippen molar-refractivity contribution in [1.29, 1.82) is 0 Å². The number of carbonyl (C=O) groups is 2. The van der Waals surface area contributed by atoms with Crippen LogP contribution in [0.15, 0.2) is 16.7 Å². The topological polar surface area (TPSA) is 94.5 Å². The van der Waals surface area contributed by atoms with Gasteiger partial charge in [-0.3, -0.25) is 9.59 Å². The second kappa shape index (κ2) is 14.2. The molecule has 5 rings (SSSR count). The summed E-state index contributed by atoms with van der Waals surface area (Å²) in [6, 6.07) is 3.84. The number of benzene rings is 1. The van der Waals surface area contributed by atoms with E-state index in [4.69, 9.17) is 14.2 Å². The smallest absolute Gasteiger partial charge is 0.311 e. The maximum atomic E-state index is 12.6. The van der Waals surface area contributed by atoms with Crippen LogP contribution < -0.4 is 9.47 Å². The van der Waals surface area contributed by atoms with E-state index in [1.54, 1.807) is 0 Å². The highest BCUT2D eigenvalue weighted by Crippen LogP contribution is 2.64. The van der Waals surface area contributed by atoms with E-state index in [9.17, 15) is 14.5 Å². The van der Waals surface area contributed by atoms with Gasteiger partial charge in [0.1, 0.15) is 18.1 Å². The largest absolute Gasteiger partial charge is 0.492 e. The highest BCUT2D eigenvalue weighted by atomic mass is 32.2. The van der Waals surface area contributed by atoms with E-state index in [2.05, 4.69) is 16.4 Å². The van der Waals surface area contributed by atoms with Crippen molar-refractivity contribution in [3.8, 4) is 11.5 Å². The minimum atomic E-state index is -0.361. The summed E-state index contributed by atoms with van der Waals surface area (Å²) in [5.74, 6) is 3.30. The molecule has 0 saturated heterocycles. The Labute approximate surface area is 243 Å². The summed E-state index contributed by atoms with van der Waals surface area (Å²) in [7, 11) is 4.02. The maximum Gasteiger partial charge on any atom is 0.311 e. The molecular formula is C31H46N2O6S. The third-order valence-electron chi connectivity index (χ3n) is 9.14. The number of carbonyl (C=O) groups excluding carboxylic acids is 2. The van der Waals surface area contributed by atoms with Crippen LogP contribution in [0.1, 0.15) is 82.3 Å². The van der Waals surface area contributed by atoms with Crippen LogP contribution in [0.4, 0.5) is 0 Å². The van der Waals surface area contributed by atoms with Crippen molar-refractivity contribution in [1.82, 2.24) is 4.90 Å². The zero-order chi connectivity index (χ0) is 28.7. The first-order chi connectivity index (χ1) is 19.2. The number of hydrogen-bond donors (Lipinski definition) is 0. The molecule has 4 bridgehead atoms. The van der Waals surface area contributed by atoms with Crippen molar-refractivity contribution in [3.05, 3.63) is 28.2 Å². The second-order valence-electron chi connectivity index (χ2n) is 12.4. The van der Waals surface area contributed by atoms with Crippen molar-refractivity contribution in [2.75, 3.05) is 33.9 Å². The van der Waals surface area contributed by atoms with Gasteiger partial charge in [-0.25, -0.2) is 0 Å². The highest BCUT2D eigenvalue weighted by molar-refractivity contribution is 7.99. The van der Waals surface area contributed by atoms with Gasteiger partial charge in [0.05, 0.1) is 11.4 Å². The van der Waals surface area contributed by atoms with Crippen LogP contribution in [-0.2, 0) is 20.7 Å². The third-order valence-corrected chi connectivity index (χ3v) is 10.4. The van der Waals surface area contributed by atoms with Crippen molar-refractivity contribution >= 4 is 23.9 Å². The van der Waals surface area contributed by atoms with E-state index in [-0.39, 0.29) is 29.5 Å². The van der Waals surface area contributed by atoms with Crippen LogP contribution in [0.5, 0.6) is 11.5 Å². The number of ether oxygens (including phenoxy) is 3. The molecule has 4 fully saturated rings. The van der Waals surface area contributed by atoms with E-state index >= 15 is 0 Å². The summed E-state index contributed by atoms with van der Waals surface area (Å²) in [4.78, 5) is 38.4. The molecule has 0 spiro atoms. The number of likely N-dealkylation sites (N-methyl/N-ethyl adjacent to an activating group) is 1. The molecule has 4 aliphatic rings. The minimum Gasteiger partial charge on any atom is -0.492 e. The number of esters is 2. The zero-order valence-corrected chi connectivity index (χ0v) is 25.4. The summed E-state index contributed by atoms with van der Waals surface area (Å²) in [6.45, 7) is 5.73. The van der Waals surface area contributed by atoms with Gasteiger partial charge in [-0.05, 0) is 119 Å². The van der Waals surface area contributed by atoms with E-state index in [1.807, 2.05) is 33.2 Å². The molecule has 0 aromatic heterocycles. The maximum absolute atomic E-state index is 12.6. The summed E-state index contributed by atoms with van der Waals surface area (Å²) in [6.07, 6.45) is 9.20. The fourth-order valence-electron chi connectivity index (χ4n) is 7.35. The Morgan fingerprint density at radius 1 is 1.00 bits per heavy atom. The van der Waals surface area contributed by atoms with Gasteiger partial charge in [-0.1, -0.05) is 13.3 Å². The monoisotopic (exact) mass is 574 g/mol. The van der Waals surface area contributed by atoms with Gasteiger partial charge in [0, 0.05) is 35.9 Å². The molecule has 0 N–H and O–H groups in total. The summed E-state index contributed by atoms with van der Waals surface area (Å²) < 4.78 is 20.3. The van der Waals surface area contributed by atoms with Gasteiger partial charge in [-0.15, -0.1) is 4.91 Å². The summed E-state index contributed by atoms with van der Waals surface area (Å²) >= 11 is 1.21. The molecule has 0 aliphatic heterocycles. The fourth-order valence-corrected chi connectivity index (χ4v) is 8.35. The normalized spacial score (nSPS) is 26.6. The van der Waals surface area contributed by atoms with E-state index in [1.165, 1.54) is 44.1 Å². The van der Waals surface area contributed by atoms with E-state index < -0.39 is 0 Å². The number of nitrogens with zero attached hydrogens (tertiary/aromatic N) is 2. The lowest BCUT2D eigenvalue weighted by Gasteiger charge is -2.59. The highest BCUT2D eigenvalue weighted by Gasteiger charge is 2.58. The van der Waals surface area contributed by atoms with Crippen molar-refractivity contribution in [2.45, 2.75) is 89.2 Å². The molecule has 1 aromatic rings. The van der Waals surface area contributed by atoms with Crippen molar-refractivity contribution < 1.29 is 23.8 Å².